The van der Waals surface area contributed by atoms with Crippen LogP contribution in [-0.2, 0) is 4.74 Å². The zero-order valence-electron chi connectivity index (χ0n) is 8.27. The SMILES string of the molecule is COCCNc1nc(-c2ccco2)no1. The summed E-state index contributed by atoms with van der Waals surface area (Å²) in [7, 11) is 1.63. The molecule has 2 heterocycles. The topological polar surface area (TPSA) is 73.3 Å². The van der Waals surface area contributed by atoms with Crippen LogP contribution in [0.15, 0.2) is 27.3 Å². The Morgan fingerprint density at radius 1 is 1.53 bits per heavy atom. The molecule has 0 aliphatic carbocycles. The van der Waals surface area contributed by atoms with Gasteiger partial charge in [0.05, 0.1) is 12.9 Å². The summed E-state index contributed by atoms with van der Waals surface area (Å²) in [6.45, 7) is 1.20. The molecule has 0 atom stereocenters. The number of nitrogens with one attached hydrogen (secondary N) is 1. The van der Waals surface area contributed by atoms with Crippen LogP contribution in [0.3, 0.4) is 0 Å². The fourth-order valence-corrected chi connectivity index (χ4v) is 1.06. The van der Waals surface area contributed by atoms with E-state index in [1.807, 2.05) is 0 Å². The molecule has 1 N–H and O–H groups in total. The van der Waals surface area contributed by atoms with E-state index >= 15 is 0 Å². The van der Waals surface area contributed by atoms with Gasteiger partial charge in [-0.3, -0.25) is 0 Å². The van der Waals surface area contributed by atoms with Gasteiger partial charge in [-0.25, -0.2) is 0 Å². The highest BCUT2D eigenvalue weighted by Crippen LogP contribution is 2.17. The van der Waals surface area contributed by atoms with Gasteiger partial charge in [-0.1, -0.05) is 5.16 Å². The van der Waals surface area contributed by atoms with Gasteiger partial charge in [0.25, 0.3) is 0 Å². The highest BCUT2D eigenvalue weighted by atomic mass is 16.5. The first-order valence-electron chi connectivity index (χ1n) is 4.50. The Balaban J connectivity index is 1.98. The molecule has 0 fully saturated rings. The van der Waals surface area contributed by atoms with E-state index in [1.165, 1.54) is 0 Å². The number of hydrogen-bond acceptors (Lipinski definition) is 6. The van der Waals surface area contributed by atoms with Crippen LogP contribution in [0, 0.1) is 0 Å². The molecule has 80 valence electrons. The largest absolute Gasteiger partial charge is 0.461 e. The molecule has 6 heteroatoms. The van der Waals surface area contributed by atoms with E-state index < -0.39 is 0 Å². The van der Waals surface area contributed by atoms with Crippen LogP contribution < -0.4 is 5.32 Å². The Morgan fingerprint density at radius 3 is 3.20 bits per heavy atom. The fraction of sp³-hybridized carbons (Fsp3) is 0.333. The molecule has 0 aliphatic rings. The second kappa shape index (κ2) is 4.61. The lowest BCUT2D eigenvalue weighted by Crippen LogP contribution is -2.07. The van der Waals surface area contributed by atoms with Crippen LogP contribution >= 0.6 is 0 Å². The lowest BCUT2D eigenvalue weighted by Gasteiger charge is -1.97. The van der Waals surface area contributed by atoms with Gasteiger partial charge < -0.3 is 19.0 Å². The van der Waals surface area contributed by atoms with E-state index in [1.54, 1.807) is 25.5 Å². The Hall–Kier alpha value is -1.82. The van der Waals surface area contributed by atoms with Crippen molar-refractivity contribution in [3.05, 3.63) is 18.4 Å². The average molecular weight is 209 g/mol. The molecule has 2 rings (SSSR count). The monoisotopic (exact) mass is 209 g/mol. The van der Waals surface area contributed by atoms with Crippen molar-refractivity contribution in [1.82, 2.24) is 10.1 Å². The zero-order valence-corrected chi connectivity index (χ0v) is 8.27. The van der Waals surface area contributed by atoms with Gasteiger partial charge >= 0.3 is 6.01 Å². The van der Waals surface area contributed by atoms with E-state index in [-0.39, 0.29) is 0 Å². The molecule has 0 saturated carbocycles. The number of methoxy groups -OCH3 is 1. The van der Waals surface area contributed by atoms with Crippen LogP contribution in [0.25, 0.3) is 11.6 Å². The first-order chi connectivity index (χ1) is 7.40. The van der Waals surface area contributed by atoms with Gasteiger partial charge in [0.2, 0.25) is 5.82 Å². The number of furan rings is 1. The Morgan fingerprint density at radius 2 is 2.47 bits per heavy atom. The van der Waals surface area contributed by atoms with Crippen molar-refractivity contribution >= 4 is 6.01 Å². The van der Waals surface area contributed by atoms with E-state index in [9.17, 15) is 0 Å². The Bertz CT molecular complexity index is 396. The van der Waals surface area contributed by atoms with Crippen LogP contribution in [-0.4, -0.2) is 30.4 Å². The van der Waals surface area contributed by atoms with Crippen molar-refractivity contribution in [2.75, 3.05) is 25.6 Å². The third-order valence-corrected chi connectivity index (χ3v) is 1.75. The van der Waals surface area contributed by atoms with Gasteiger partial charge in [-0.15, -0.1) is 0 Å². The predicted octanol–water partition coefficient (Wildman–Crippen LogP) is 1.39. The minimum atomic E-state index is 0.360. The molecule has 0 aromatic carbocycles. The summed E-state index contributed by atoms with van der Waals surface area (Å²) in [6.07, 6.45) is 1.56. The number of ether oxygens (including phenoxy) is 1. The highest BCUT2D eigenvalue weighted by molar-refractivity contribution is 5.46. The molecule has 0 bridgehead atoms. The third-order valence-electron chi connectivity index (χ3n) is 1.75. The van der Waals surface area contributed by atoms with Crippen LogP contribution in [0.1, 0.15) is 0 Å². The highest BCUT2D eigenvalue weighted by Gasteiger charge is 2.09. The molecule has 6 nitrogen and oxygen atoms in total. The van der Waals surface area contributed by atoms with Crippen LogP contribution in [0.2, 0.25) is 0 Å². The Labute approximate surface area is 86.2 Å². The summed E-state index contributed by atoms with van der Waals surface area (Å²) in [4.78, 5) is 4.09. The van der Waals surface area contributed by atoms with Crippen LogP contribution in [0.4, 0.5) is 6.01 Å². The number of rotatable bonds is 5. The maximum absolute atomic E-state index is 5.12. The first-order valence-corrected chi connectivity index (χ1v) is 4.50. The van der Waals surface area contributed by atoms with Gasteiger partial charge in [0, 0.05) is 13.7 Å². The standard InChI is InChI=1S/C9H11N3O3/c1-13-6-4-10-9-11-8(12-15-9)7-3-2-5-14-7/h2-3,5H,4,6H2,1H3,(H,10,11,12). The molecule has 0 saturated heterocycles. The fourth-order valence-electron chi connectivity index (χ4n) is 1.06. The van der Waals surface area contributed by atoms with Crippen molar-refractivity contribution in [1.29, 1.82) is 0 Å². The number of aromatic nitrogens is 2. The second-order valence-electron chi connectivity index (χ2n) is 2.82. The van der Waals surface area contributed by atoms with E-state index in [0.717, 1.165) is 0 Å². The molecule has 2 aromatic heterocycles. The molecule has 0 radical (unpaired) electrons. The molecule has 0 unspecified atom stereocenters. The number of anilines is 1. The van der Waals surface area contributed by atoms with Gasteiger partial charge in [-0.2, -0.15) is 4.98 Å². The summed E-state index contributed by atoms with van der Waals surface area (Å²) < 4.78 is 14.9. The first kappa shape index (κ1) is 9.72. The van der Waals surface area contributed by atoms with E-state index in [2.05, 4.69) is 15.5 Å². The predicted molar refractivity (Wildman–Crippen MR) is 52.4 cm³/mol. The molecular formula is C9H11N3O3. The number of nitrogens with zero attached hydrogens (tertiary/aromatic N) is 2. The molecule has 0 amide bonds. The van der Waals surface area contributed by atoms with E-state index in [0.29, 0.717) is 30.8 Å². The lowest BCUT2D eigenvalue weighted by atomic mass is 10.4. The van der Waals surface area contributed by atoms with Crippen molar-refractivity contribution in [2.24, 2.45) is 0 Å². The van der Waals surface area contributed by atoms with Gasteiger partial charge in [-0.05, 0) is 12.1 Å². The quantitative estimate of drug-likeness (QED) is 0.750. The maximum Gasteiger partial charge on any atom is 0.321 e. The van der Waals surface area contributed by atoms with E-state index in [4.69, 9.17) is 13.7 Å². The Kier molecular flexibility index (Phi) is 2.99. The molecule has 15 heavy (non-hydrogen) atoms. The zero-order chi connectivity index (χ0) is 10.5. The molecule has 0 aliphatic heterocycles. The second-order valence-corrected chi connectivity index (χ2v) is 2.82. The lowest BCUT2D eigenvalue weighted by molar-refractivity contribution is 0.210. The van der Waals surface area contributed by atoms with Crippen molar-refractivity contribution in [3.63, 3.8) is 0 Å². The minimum Gasteiger partial charge on any atom is -0.461 e. The van der Waals surface area contributed by atoms with Crippen LogP contribution in [0.5, 0.6) is 0 Å². The summed E-state index contributed by atoms with van der Waals surface area (Å²) in [5.41, 5.74) is 0. The van der Waals surface area contributed by atoms with Gasteiger partial charge in [0.1, 0.15) is 0 Å². The normalized spacial score (nSPS) is 10.5. The summed E-state index contributed by atoms with van der Waals surface area (Å²) in [5.74, 6) is 1.01. The average Bonchev–Trinajstić information content (AvgIpc) is 2.87. The van der Waals surface area contributed by atoms with Crippen molar-refractivity contribution in [3.8, 4) is 11.6 Å². The molecular weight excluding hydrogens is 198 g/mol. The smallest absolute Gasteiger partial charge is 0.321 e. The van der Waals surface area contributed by atoms with Crippen molar-refractivity contribution in [2.45, 2.75) is 0 Å². The minimum absolute atomic E-state index is 0.360. The summed E-state index contributed by atoms with van der Waals surface area (Å²) >= 11 is 0. The summed E-state index contributed by atoms with van der Waals surface area (Å²) in [6, 6.07) is 3.89. The number of hydrogen-bond donors (Lipinski definition) is 1. The molecule has 0 spiro atoms. The van der Waals surface area contributed by atoms with Gasteiger partial charge in [0.15, 0.2) is 5.76 Å². The maximum atomic E-state index is 5.12. The van der Waals surface area contributed by atoms with Crippen molar-refractivity contribution < 1.29 is 13.7 Å². The molecule has 2 aromatic rings. The summed E-state index contributed by atoms with van der Waals surface area (Å²) in [5, 5.41) is 6.68. The third kappa shape index (κ3) is 2.35.